The van der Waals surface area contributed by atoms with Gasteiger partial charge >= 0.3 is 0 Å². The van der Waals surface area contributed by atoms with Crippen molar-refractivity contribution in [3.05, 3.63) is 64.1 Å². The summed E-state index contributed by atoms with van der Waals surface area (Å²) >= 11 is 4.96. The van der Waals surface area contributed by atoms with Crippen LogP contribution < -0.4 is 11.1 Å². The molecule has 0 fully saturated rings. The number of amidine groups is 1. The summed E-state index contributed by atoms with van der Waals surface area (Å²) in [5.74, 6) is 0.839. The quantitative estimate of drug-likeness (QED) is 0.799. The van der Waals surface area contributed by atoms with Crippen molar-refractivity contribution in [3.63, 3.8) is 0 Å². The van der Waals surface area contributed by atoms with E-state index in [0.717, 1.165) is 27.9 Å². The molecule has 2 aromatic rings. The average molecular weight is 404 g/mol. The number of amides is 1. The van der Waals surface area contributed by atoms with E-state index in [2.05, 4.69) is 33.2 Å². The number of carbonyl (C=O) groups is 1. The smallest absolute Gasteiger partial charge is 0.255 e. The zero-order chi connectivity index (χ0) is 17.2. The number of hydrogen-bond donors (Lipinski definition) is 2. The summed E-state index contributed by atoms with van der Waals surface area (Å²) in [4.78, 5) is 16.8. The number of aliphatic imine (C=N–C) groups is 1. The van der Waals surface area contributed by atoms with Crippen molar-refractivity contribution in [2.24, 2.45) is 10.7 Å². The van der Waals surface area contributed by atoms with E-state index in [9.17, 15) is 4.79 Å². The minimum Gasteiger partial charge on any atom is -0.379 e. The largest absolute Gasteiger partial charge is 0.379 e. The first-order valence-corrected chi connectivity index (χ1v) is 9.40. The molecule has 124 valence electrons. The van der Waals surface area contributed by atoms with Crippen LogP contribution in [0.1, 0.15) is 29.3 Å². The van der Waals surface area contributed by atoms with E-state index in [-0.39, 0.29) is 11.4 Å². The van der Waals surface area contributed by atoms with Gasteiger partial charge in [-0.25, -0.2) is 0 Å². The van der Waals surface area contributed by atoms with Gasteiger partial charge in [0.1, 0.15) is 0 Å². The third-order valence-corrected chi connectivity index (χ3v) is 5.39. The molecule has 4 nitrogen and oxygen atoms in total. The molecule has 0 saturated heterocycles. The van der Waals surface area contributed by atoms with Gasteiger partial charge in [-0.3, -0.25) is 9.79 Å². The molecule has 0 aliphatic carbocycles. The number of benzene rings is 2. The van der Waals surface area contributed by atoms with E-state index in [1.807, 2.05) is 36.4 Å². The first kappa shape index (κ1) is 17.0. The van der Waals surface area contributed by atoms with Crippen LogP contribution in [-0.2, 0) is 5.54 Å². The van der Waals surface area contributed by atoms with Gasteiger partial charge in [0.25, 0.3) is 5.91 Å². The Hall–Kier alpha value is -1.79. The van der Waals surface area contributed by atoms with Crippen molar-refractivity contribution in [2.45, 2.75) is 18.9 Å². The molecule has 3 rings (SSSR count). The van der Waals surface area contributed by atoms with Crippen LogP contribution in [0.25, 0.3) is 0 Å². The Bertz CT molecular complexity index is 774. The molecule has 1 unspecified atom stereocenters. The summed E-state index contributed by atoms with van der Waals surface area (Å²) in [6.45, 7) is 2.09. The van der Waals surface area contributed by atoms with Crippen molar-refractivity contribution >= 4 is 44.5 Å². The molecule has 6 heteroatoms. The van der Waals surface area contributed by atoms with Crippen LogP contribution in [0.4, 0.5) is 5.69 Å². The van der Waals surface area contributed by atoms with Gasteiger partial charge < -0.3 is 11.1 Å². The van der Waals surface area contributed by atoms with Gasteiger partial charge in [-0.1, -0.05) is 39.8 Å². The Labute approximate surface area is 154 Å². The number of nitrogens with zero attached hydrogens (tertiary/aromatic N) is 1. The second-order valence-corrected chi connectivity index (χ2v) is 7.89. The van der Waals surface area contributed by atoms with Gasteiger partial charge in [0.15, 0.2) is 5.17 Å². The predicted octanol–water partition coefficient (Wildman–Crippen LogP) is 4.37. The molecule has 0 spiro atoms. The Balaban J connectivity index is 1.74. The Morgan fingerprint density at radius 3 is 2.50 bits per heavy atom. The van der Waals surface area contributed by atoms with Gasteiger partial charge in [-0.2, -0.15) is 0 Å². The van der Waals surface area contributed by atoms with Crippen LogP contribution in [-0.4, -0.2) is 16.8 Å². The number of hydrogen-bond acceptors (Lipinski definition) is 4. The summed E-state index contributed by atoms with van der Waals surface area (Å²) in [5, 5.41) is 3.55. The van der Waals surface area contributed by atoms with E-state index in [1.165, 1.54) is 0 Å². The fraction of sp³-hybridized carbons (Fsp3) is 0.222. The molecule has 1 aliphatic heterocycles. The van der Waals surface area contributed by atoms with Crippen LogP contribution in [0.2, 0.25) is 0 Å². The number of carbonyl (C=O) groups excluding carboxylic acids is 1. The Morgan fingerprint density at radius 1 is 1.21 bits per heavy atom. The maximum atomic E-state index is 12.3. The number of nitrogens with two attached hydrogens (primary N) is 1. The summed E-state index contributed by atoms with van der Waals surface area (Å²) in [5.41, 5.74) is 8.07. The lowest BCUT2D eigenvalue weighted by Crippen LogP contribution is -2.28. The highest BCUT2D eigenvalue weighted by Gasteiger charge is 2.29. The highest BCUT2D eigenvalue weighted by Crippen LogP contribution is 2.35. The lowest BCUT2D eigenvalue weighted by molar-refractivity contribution is 0.102. The lowest BCUT2D eigenvalue weighted by Gasteiger charge is -2.29. The fourth-order valence-corrected chi connectivity index (χ4v) is 3.85. The minimum absolute atomic E-state index is 0.127. The zero-order valence-corrected chi connectivity index (χ0v) is 15.7. The number of nitrogens with one attached hydrogen (secondary N) is 1. The van der Waals surface area contributed by atoms with Crippen molar-refractivity contribution in [2.75, 3.05) is 11.1 Å². The number of thioether (sulfide) groups is 1. The van der Waals surface area contributed by atoms with Crippen LogP contribution in [0.15, 0.2) is 58.0 Å². The maximum Gasteiger partial charge on any atom is 0.255 e. The van der Waals surface area contributed by atoms with Gasteiger partial charge in [0.2, 0.25) is 0 Å². The average Bonchev–Trinajstić information content (AvgIpc) is 2.56. The van der Waals surface area contributed by atoms with E-state index in [4.69, 9.17) is 5.73 Å². The van der Waals surface area contributed by atoms with E-state index in [1.54, 1.807) is 23.9 Å². The first-order valence-electron chi connectivity index (χ1n) is 7.62. The number of anilines is 1. The minimum atomic E-state index is -0.288. The highest BCUT2D eigenvalue weighted by atomic mass is 79.9. The number of rotatable bonds is 3. The molecule has 24 heavy (non-hydrogen) atoms. The standard InChI is InChI=1S/C18H18BrN3OS/c1-18(10-11-24-17(20)22-18)13-4-8-15(9-5-13)21-16(23)12-2-6-14(19)7-3-12/h2-9H,10-11H2,1H3,(H2,20,22)(H,21,23). The Kier molecular flexibility index (Phi) is 4.96. The SMILES string of the molecule is CC1(c2ccc(NC(=O)c3ccc(Br)cc3)cc2)CCSC(N)=N1. The van der Waals surface area contributed by atoms with Gasteiger partial charge in [-0.15, -0.1) is 0 Å². The molecule has 3 N–H and O–H groups in total. The van der Waals surface area contributed by atoms with Gasteiger partial charge in [0, 0.05) is 21.5 Å². The second kappa shape index (κ2) is 6.99. The molecule has 1 amide bonds. The molecule has 0 aromatic heterocycles. The molecule has 0 radical (unpaired) electrons. The zero-order valence-electron chi connectivity index (χ0n) is 13.3. The second-order valence-electron chi connectivity index (χ2n) is 5.86. The predicted molar refractivity (Wildman–Crippen MR) is 105 cm³/mol. The third kappa shape index (κ3) is 3.82. The molecule has 0 bridgehead atoms. The molecular formula is C18H18BrN3OS. The molecule has 1 heterocycles. The van der Waals surface area contributed by atoms with Crippen molar-refractivity contribution < 1.29 is 4.79 Å². The molecule has 0 saturated carbocycles. The summed E-state index contributed by atoms with van der Waals surface area (Å²) in [6, 6.07) is 15.1. The summed E-state index contributed by atoms with van der Waals surface area (Å²) in [6.07, 6.45) is 0.947. The van der Waals surface area contributed by atoms with Gasteiger partial charge in [0.05, 0.1) is 5.54 Å². The monoisotopic (exact) mass is 403 g/mol. The molecular weight excluding hydrogens is 386 g/mol. The molecule has 1 aliphatic rings. The third-order valence-electron chi connectivity index (χ3n) is 4.07. The summed E-state index contributed by atoms with van der Waals surface area (Å²) < 4.78 is 0.946. The summed E-state index contributed by atoms with van der Waals surface area (Å²) in [7, 11) is 0. The Morgan fingerprint density at radius 2 is 1.88 bits per heavy atom. The van der Waals surface area contributed by atoms with Crippen molar-refractivity contribution in [1.82, 2.24) is 0 Å². The van der Waals surface area contributed by atoms with Crippen LogP contribution in [0, 0.1) is 0 Å². The van der Waals surface area contributed by atoms with Crippen molar-refractivity contribution in [3.8, 4) is 0 Å². The lowest BCUT2D eigenvalue weighted by atomic mass is 9.90. The fourth-order valence-electron chi connectivity index (χ4n) is 2.61. The van der Waals surface area contributed by atoms with E-state index >= 15 is 0 Å². The first-order chi connectivity index (χ1) is 11.5. The van der Waals surface area contributed by atoms with E-state index in [0.29, 0.717) is 10.7 Å². The maximum absolute atomic E-state index is 12.3. The van der Waals surface area contributed by atoms with Gasteiger partial charge in [-0.05, 0) is 55.3 Å². The van der Waals surface area contributed by atoms with Crippen LogP contribution >= 0.6 is 27.7 Å². The topological polar surface area (TPSA) is 67.5 Å². The normalized spacial score (nSPS) is 20.3. The van der Waals surface area contributed by atoms with Crippen molar-refractivity contribution in [1.29, 1.82) is 0 Å². The number of halogens is 1. The van der Waals surface area contributed by atoms with E-state index < -0.39 is 0 Å². The molecule has 1 atom stereocenters. The molecule has 2 aromatic carbocycles. The highest BCUT2D eigenvalue weighted by molar-refractivity contribution is 9.10. The van der Waals surface area contributed by atoms with Crippen LogP contribution in [0.3, 0.4) is 0 Å². The van der Waals surface area contributed by atoms with Crippen LogP contribution in [0.5, 0.6) is 0 Å².